The van der Waals surface area contributed by atoms with Crippen molar-refractivity contribution in [2.45, 2.75) is 36.5 Å². The number of hydrogen-bond donors (Lipinski definition) is 3. The number of ether oxygens (including phenoxy) is 2. The Morgan fingerprint density at radius 1 is 0.957 bits per heavy atom. The number of morpholine rings is 1. The first-order valence-electron chi connectivity index (χ1n) is 15.5. The Morgan fingerprint density at radius 3 is 2.06 bits per heavy atom. The third-order valence-electron chi connectivity index (χ3n) is 8.75. The number of rotatable bonds is 8. The summed E-state index contributed by atoms with van der Waals surface area (Å²) in [6.45, 7) is 5.19. The Morgan fingerprint density at radius 2 is 1.53 bits per heavy atom. The van der Waals surface area contributed by atoms with Crippen LogP contribution in [0, 0.1) is 6.92 Å². The van der Waals surface area contributed by atoms with Gasteiger partial charge >= 0.3 is 0 Å². The molecular weight excluding hydrogens is 665 g/mol. The van der Waals surface area contributed by atoms with Gasteiger partial charge in [0.25, 0.3) is 5.91 Å². The van der Waals surface area contributed by atoms with E-state index in [1.165, 1.54) is 15.3 Å². The van der Waals surface area contributed by atoms with Crippen LogP contribution in [0.5, 0.6) is 5.75 Å². The molecule has 0 radical (unpaired) electrons. The van der Waals surface area contributed by atoms with Crippen molar-refractivity contribution in [2.24, 2.45) is 0 Å². The number of amides is 2. The third kappa shape index (κ3) is 6.60. The average molecular weight is 703 g/mol. The van der Waals surface area contributed by atoms with Crippen molar-refractivity contribution in [2.75, 3.05) is 52.5 Å². The van der Waals surface area contributed by atoms with E-state index in [1.54, 1.807) is 37.3 Å². The first-order chi connectivity index (χ1) is 22.5. The van der Waals surface area contributed by atoms with Crippen LogP contribution in [-0.2, 0) is 30.0 Å². The maximum atomic E-state index is 15.0. The van der Waals surface area contributed by atoms with Crippen molar-refractivity contribution in [3.05, 3.63) is 93.0 Å². The van der Waals surface area contributed by atoms with Gasteiger partial charge in [0.05, 0.1) is 43.3 Å². The van der Waals surface area contributed by atoms with Gasteiger partial charge in [0, 0.05) is 41.8 Å². The van der Waals surface area contributed by atoms with Gasteiger partial charge in [0.15, 0.2) is 5.66 Å². The van der Waals surface area contributed by atoms with Gasteiger partial charge < -0.3 is 19.7 Å². The molecule has 0 bridgehead atoms. The van der Waals surface area contributed by atoms with Crippen LogP contribution in [-0.4, -0.2) is 82.0 Å². The smallest absolute Gasteiger partial charge is 0.263 e. The van der Waals surface area contributed by atoms with Crippen LogP contribution in [0.1, 0.15) is 41.3 Å². The molecule has 3 heterocycles. The summed E-state index contributed by atoms with van der Waals surface area (Å²) >= 11 is 12.5. The molecule has 0 aliphatic carbocycles. The van der Waals surface area contributed by atoms with Gasteiger partial charge in [-0.25, -0.2) is 8.42 Å². The molecular formula is C33H37Cl2N5O6S. The SMILES string of the molecule is CCOc1cc(C)c(S(=O)(=O)N2CCOCC2)cc1C1(C(=O)N2CCNC(=O)C2)N[C@H](c2ccc(Cl)cc2)[C@H](c2ccc(Cl)cc2)N1. The zero-order chi connectivity index (χ0) is 33.3. The zero-order valence-corrected chi connectivity index (χ0v) is 28.4. The van der Waals surface area contributed by atoms with Crippen molar-refractivity contribution in [3.8, 4) is 5.75 Å². The van der Waals surface area contributed by atoms with Crippen molar-refractivity contribution in [1.82, 2.24) is 25.2 Å². The number of hydrogen-bond acceptors (Lipinski definition) is 8. The monoisotopic (exact) mass is 701 g/mol. The Balaban J connectivity index is 1.57. The van der Waals surface area contributed by atoms with E-state index in [0.29, 0.717) is 26.9 Å². The highest BCUT2D eigenvalue weighted by molar-refractivity contribution is 7.89. The lowest BCUT2D eigenvalue weighted by Gasteiger charge is -2.38. The number of benzene rings is 3. The topological polar surface area (TPSA) is 129 Å². The second-order valence-corrected chi connectivity index (χ2v) is 14.5. The molecule has 47 heavy (non-hydrogen) atoms. The molecule has 3 atom stereocenters. The summed E-state index contributed by atoms with van der Waals surface area (Å²) in [5.74, 6) is -0.388. The Kier molecular flexibility index (Phi) is 9.82. The number of sulfonamides is 1. The number of piperazine rings is 1. The lowest BCUT2D eigenvalue weighted by Crippen LogP contribution is -2.62. The highest BCUT2D eigenvalue weighted by Crippen LogP contribution is 2.46. The third-order valence-corrected chi connectivity index (χ3v) is 11.3. The number of nitrogens with one attached hydrogen (secondary N) is 3. The van der Waals surface area contributed by atoms with Crippen molar-refractivity contribution in [3.63, 3.8) is 0 Å². The number of carbonyl (C=O) groups excluding carboxylic acids is 2. The first-order valence-corrected chi connectivity index (χ1v) is 17.7. The van der Waals surface area contributed by atoms with E-state index in [9.17, 15) is 18.0 Å². The minimum atomic E-state index is -3.98. The van der Waals surface area contributed by atoms with Crippen LogP contribution in [0.3, 0.4) is 0 Å². The van der Waals surface area contributed by atoms with Gasteiger partial charge in [-0.2, -0.15) is 4.31 Å². The summed E-state index contributed by atoms with van der Waals surface area (Å²) in [6, 6.07) is 16.8. The molecule has 1 unspecified atom stereocenters. The van der Waals surface area contributed by atoms with Crippen LogP contribution in [0.25, 0.3) is 0 Å². The predicted octanol–water partition coefficient (Wildman–Crippen LogP) is 3.51. The summed E-state index contributed by atoms with van der Waals surface area (Å²) in [4.78, 5) is 29.1. The maximum absolute atomic E-state index is 15.0. The summed E-state index contributed by atoms with van der Waals surface area (Å²) in [5.41, 5.74) is 0.714. The molecule has 250 valence electrons. The molecule has 6 rings (SSSR count). The molecule has 3 aliphatic heterocycles. The van der Waals surface area contributed by atoms with Gasteiger partial charge in [-0.05, 0) is 66.9 Å². The van der Waals surface area contributed by atoms with E-state index in [-0.39, 0.29) is 63.3 Å². The molecule has 11 nitrogen and oxygen atoms in total. The first kappa shape index (κ1) is 33.7. The zero-order valence-electron chi connectivity index (χ0n) is 26.1. The predicted molar refractivity (Wildman–Crippen MR) is 178 cm³/mol. The number of halogens is 2. The lowest BCUT2D eigenvalue weighted by atomic mass is 9.95. The van der Waals surface area contributed by atoms with E-state index in [2.05, 4.69) is 16.0 Å². The fraction of sp³-hybridized carbons (Fsp3) is 0.394. The van der Waals surface area contributed by atoms with Crippen molar-refractivity contribution < 1.29 is 27.5 Å². The van der Waals surface area contributed by atoms with E-state index in [1.807, 2.05) is 31.2 Å². The van der Waals surface area contributed by atoms with Crippen LogP contribution < -0.4 is 20.7 Å². The summed E-state index contributed by atoms with van der Waals surface area (Å²) in [5, 5.41) is 11.1. The van der Waals surface area contributed by atoms with Gasteiger partial charge in [-0.1, -0.05) is 47.5 Å². The molecule has 14 heteroatoms. The molecule has 2 amide bonds. The molecule has 0 spiro atoms. The second-order valence-electron chi connectivity index (χ2n) is 11.7. The van der Waals surface area contributed by atoms with E-state index < -0.39 is 33.7 Å². The van der Waals surface area contributed by atoms with E-state index in [0.717, 1.165) is 11.1 Å². The summed E-state index contributed by atoms with van der Waals surface area (Å²) in [7, 11) is -3.98. The van der Waals surface area contributed by atoms with Gasteiger partial charge in [-0.15, -0.1) is 0 Å². The second kappa shape index (κ2) is 13.7. The molecule has 0 aromatic heterocycles. The quantitative estimate of drug-likeness (QED) is 0.326. The fourth-order valence-corrected chi connectivity index (χ4v) is 8.34. The van der Waals surface area contributed by atoms with Crippen LogP contribution in [0.4, 0.5) is 0 Å². The molecule has 3 saturated heterocycles. The molecule has 3 aromatic carbocycles. The minimum absolute atomic E-state index is 0.0583. The molecule has 3 N–H and O–H groups in total. The van der Waals surface area contributed by atoms with E-state index in [4.69, 9.17) is 32.7 Å². The molecule has 0 saturated carbocycles. The Labute approximate surface area is 284 Å². The highest BCUT2D eigenvalue weighted by atomic mass is 35.5. The van der Waals surface area contributed by atoms with Gasteiger partial charge in [0.1, 0.15) is 5.75 Å². The maximum Gasteiger partial charge on any atom is 0.263 e. The van der Waals surface area contributed by atoms with Gasteiger partial charge in [0.2, 0.25) is 15.9 Å². The molecule has 3 aromatic rings. The van der Waals surface area contributed by atoms with Crippen LogP contribution >= 0.6 is 23.2 Å². The van der Waals surface area contributed by atoms with Crippen molar-refractivity contribution >= 4 is 45.0 Å². The summed E-state index contributed by atoms with van der Waals surface area (Å²) in [6.07, 6.45) is 0. The molecule has 3 aliphatic rings. The van der Waals surface area contributed by atoms with E-state index >= 15 is 0 Å². The van der Waals surface area contributed by atoms with Crippen LogP contribution in [0.15, 0.2) is 65.6 Å². The standard InChI is InChI=1S/C33H37Cl2N5O6S/c1-3-46-27-18-21(2)28(47(43,44)40-14-16-45-17-15-40)19-26(27)33(32(42)39-13-12-36-29(41)20-39)37-30(22-4-8-24(34)9-5-22)31(38-33)23-6-10-25(35)11-7-23/h4-11,18-19,30-31,37-38H,3,12-17,20H2,1-2H3,(H,36,41)/t30-,31+,33?. The van der Waals surface area contributed by atoms with Gasteiger partial charge in [-0.3, -0.25) is 20.2 Å². The highest BCUT2D eigenvalue weighted by Gasteiger charge is 2.55. The normalized spacial score (nSPS) is 23.8. The number of carbonyl (C=O) groups is 2. The van der Waals surface area contributed by atoms with Crippen LogP contribution in [0.2, 0.25) is 10.0 Å². The fourth-order valence-electron chi connectivity index (χ4n) is 6.44. The largest absolute Gasteiger partial charge is 0.493 e. The summed E-state index contributed by atoms with van der Waals surface area (Å²) < 4.78 is 41.2. The minimum Gasteiger partial charge on any atom is -0.493 e. The Bertz CT molecular complexity index is 1700. The lowest BCUT2D eigenvalue weighted by molar-refractivity contribution is -0.144. The Hall–Kier alpha value is -3.23. The number of nitrogens with zero attached hydrogens (tertiary/aromatic N) is 2. The van der Waals surface area contributed by atoms with Crippen molar-refractivity contribution in [1.29, 1.82) is 0 Å². The number of aryl methyl sites for hydroxylation is 1. The molecule has 3 fully saturated rings. The average Bonchev–Trinajstić information content (AvgIpc) is 3.47.